The molecule has 2 heterocycles. The van der Waals surface area contributed by atoms with Gasteiger partial charge in [0, 0.05) is 18.7 Å². The topological polar surface area (TPSA) is 46.9 Å². The molecule has 1 aromatic heterocycles. The lowest BCUT2D eigenvalue weighted by atomic mass is 10.1. The number of hydrogen-bond acceptors (Lipinski definition) is 2. The van der Waals surface area contributed by atoms with Crippen LogP contribution in [0, 0.1) is 11.6 Å². The van der Waals surface area contributed by atoms with Gasteiger partial charge < -0.3 is 9.88 Å². The van der Waals surface area contributed by atoms with Gasteiger partial charge in [0.2, 0.25) is 5.91 Å². The molecule has 2 aromatic rings. The molecule has 1 aliphatic heterocycles. The van der Waals surface area contributed by atoms with Crippen LogP contribution in [-0.2, 0) is 10.7 Å². The van der Waals surface area contributed by atoms with E-state index in [1.165, 1.54) is 6.07 Å². The summed E-state index contributed by atoms with van der Waals surface area (Å²) in [5.74, 6) is -1.23. The summed E-state index contributed by atoms with van der Waals surface area (Å²) in [5.41, 5.74) is 0.306. The monoisotopic (exact) mass is 299 g/mol. The van der Waals surface area contributed by atoms with Crippen molar-refractivity contribution in [1.82, 2.24) is 14.9 Å². The summed E-state index contributed by atoms with van der Waals surface area (Å²) in [4.78, 5) is 16.1. The Kier molecular flexibility index (Phi) is 3.33. The van der Waals surface area contributed by atoms with Gasteiger partial charge in [0.05, 0.1) is 11.4 Å². The summed E-state index contributed by atoms with van der Waals surface area (Å²) < 4.78 is 28.8. The number of nitrogens with zero attached hydrogens (tertiary/aromatic N) is 2. The van der Waals surface area contributed by atoms with Crippen LogP contribution in [0.25, 0.3) is 11.0 Å². The zero-order valence-corrected chi connectivity index (χ0v) is 11.3. The molecule has 1 atom stereocenters. The summed E-state index contributed by atoms with van der Waals surface area (Å²) >= 11 is 5.83. The fourth-order valence-corrected chi connectivity index (χ4v) is 2.80. The SMILES string of the molecule is O=C1NCCCC1n1c(CCl)nc2c(F)cc(F)cc21. The maximum absolute atomic E-state index is 13.8. The van der Waals surface area contributed by atoms with E-state index in [4.69, 9.17) is 11.6 Å². The van der Waals surface area contributed by atoms with Gasteiger partial charge in [0.1, 0.15) is 23.2 Å². The third-order valence-corrected chi connectivity index (χ3v) is 3.71. The molecule has 1 amide bonds. The van der Waals surface area contributed by atoms with Gasteiger partial charge in [-0.05, 0) is 12.8 Å². The molecule has 3 rings (SSSR count). The molecule has 1 N–H and O–H groups in total. The molecule has 7 heteroatoms. The number of benzene rings is 1. The van der Waals surface area contributed by atoms with Crippen molar-refractivity contribution in [3.8, 4) is 0 Å². The van der Waals surface area contributed by atoms with E-state index in [2.05, 4.69) is 10.3 Å². The maximum atomic E-state index is 13.8. The van der Waals surface area contributed by atoms with E-state index in [-0.39, 0.29) is 22.8 Å². The van der Waals surface area contributed by atoms with Crippen LogP contribution in [0.5, 0.6) is 0 Å². The Hall–Kier alpha value is -1.69. The van der Waals surface area contributed by atoms with Crippen LogP contribution >= 0.6 is 11.6 Å². The predicted octanol–water partition coefficient (Wildman–Crippen LogP) is 2.50. The number of piperidine rings is 1. The Bertz CT molecular complexity index is 686. The van der Waals surface area contributed by atoms with Crippen LogP contribution in [0.15, 0.2) is 12.1 Å². The molecule has 106 valence electrons. The van der Waals surface area contributed by atoms with E-state index < -0.39 is 17.7 Å². The number of carbonyl (C=O) groups is 1. The van der Waals surface area contributed by atoms with Gasteiger partial charge in [-0.15, -0.1) is 11.6 Å². The minimum absolute atomic E-state index is 0.0273. The Morgan fingerprint density at radius 3 is 2.95 bits per heavy atom. The number of carbonyl (C=O) groups excluding carboxylic acids is 1. The van der Waals surface area contributed by atoms with Gasteiger partial charge in [-0.25, -0.2) is 13.8 Å². The van der Waals surface area contributed by atoms with Crippen LogP contribution in [0.3, 0.4) is 0 Å². The molecule has 20 heavy (non-hydrogen) atoms. The van der Waals surface area contributed by atoms with E-state index in [0.29, 0.717) is 18.8 Å². The molecule has 1 unspecified atom stereocenters. The summed E-state index contributed by atoms with van der Waals surface area (Å²) in [6.45, 7) is 0.612. The molecule has 1 aliphatic rings. The number of fused-ring (bicyclic) bond motifs is 1. The number of nitrogens with one attached hydrogen (secondary N) is 1. The lowest BCUT2D eigenvalue weighted by Gasteiger charge is -2.24. The summed E-state index contributed by atoms with van der Waals surface area (Å²) in [6.07, 6.45) is 1.40. The van der Waals surface area contributed by atoms with Gasteiger partial charge >= 0.3 is 0 Å². The molecule has 0 spiro atoms. The van der Waals surface area contributed by atoms with Crippen LogP contribution in [0.1, 0.15) is 24.7 Å². The standard InChI is InChI=1S/C13H12ClF2N3O/c14-6-11-18-12-8(16)4-7(15)5-10(12)19(11)9-2-1-3-17-13(9)20/h4-5,9H,1-3,6H2,(H,17,20). The van der Waals surface area contributed by atoms with Crippen molar-refractivity contribution in [2.75, 3.05) is 6.54 Å². The third-order valence-electron chi connectivity index (χ3n) is 3.47. The van der Waals surface area contributed by atoms with Gasteiger partial charge in [0.25, 0.3) is 0 Å². The lowest BCUT2D eigenvalue weighted by molar-refractivity contribution is -0.125. The number of alkyl halides is 1. The van der Waals surface area contributed by atoms with Crippen molar-refractivity contribution in [2.24, 2.45) is 0 Å². The van der Waals surface area contributed by atoms with Crippen molar-refractivity contribution in [1.29, 1.82) is 0 Å². The smallest absolute Gasteiger partial charge is 0.243 e. The van der Waals surface area contributed by atoms with Crippen molar-refractivity contribution in [3.63, 3.8) is 0 Å². The maximum Gasteiger partial charge on any atom is 0.243 e. The van der Waals surface area contributed by atoms with Gasteiger partial charge in [-0.3, -0.25) is 4.79 Å². The number of hydrogen-bond donors (Lipinski definition) is 1. The van der Waals surface area contributed by atoms with Crippen molar-refractivity contribution < 1.29 is 13.6 Å². The molecule has 4 nitrogen and oxygen atoms in total. The second kappa shape index (κ2) is 5.01. The lowest BCUT2D eigenvalue weighted by Crippen LogP contribution is -2.38. The summed E-state index contributed by atoms with van der Waals surface area (Å²) in [5, 5.41) is 2.75. The minimum Gasteiger partial charge on any atom is -0.354 e. The van der Waals surface area contributed by atoms with E-state index in [1.54, 1.807) is 4.57 Å². The second-order valence-corrected chi connectivity index (χ2v) is 5.00. The number of halogens is 3. The Labute approximate surface area is 118 Å². The molecule has 0 radical (unpaired) electrons. The normalized spacial score (nSPS) is 19.4. The predicted molar refractivity (Wildman–Crippen MR) is 70.5 cm³/mol. The van der Waals surface area contributed by atoms with Crippen molar-refractivity contribution >= 4 is 28.5 Å². The fourth-order valence-electron chi connectivity index (χ4n) is 2.61. The summed E-state index contributed by atoms with van der Waals surface area (Å²) in [7, 11) is 0. The Balaban J connectivity index is 2.24. The average molecular weight is 300 g/mol. The van der Waals surface area contributed by atoms with Crippen LogP contribution < -0.4 is 5.32 Å². The van der Waals surface area contributed by atoms with Crippen LogP contribution in [0.4, 0.5) is 8.78 Å². The molecule has 0 saturated carbocycles. The molecule has 1 saturated heterocycles. The summed E-state index contributed by atoms with van der Waals surface area (Å²) in [6, 6.07) is 1.44. The number of amides is 1. The molecular formula is C13H12ClF2N3O. The first-order valence-electron chi connectivity index (χ1n) is 6.31. The Morgan fingerprint density at radius 2 is 2.25 bits per heavy atom. The van der Waals surface area contributed by atoms with E-state index in [9.17, 15) is 13.6 Å². The van der Waals surface area contributed by atoms with Crippen LogP contribution in [-0.4, -0.2) is 22.0 Å². The quantitative estimate of drug-likeness (QED) is 0.866. The van der Waals surface area contributed by atoms with E-state index >= 15 is 0 Å². The highest BCUT2D eigenvalue weighted by atomic mass is 35.5. The molecule has 0 aliphatic carbocycles. The highest BCUT2D eigenvalue weighted by molar-refractivity contribution is 6.17. The zero-order chi connectivity index (χ0) is 14.3. The zero-order valence-electron chi connectivity index (χ0n) is 10.5. The number of rotatable bonds is 2. The second-order valence-electron chi connectivity index (χ2n) is 4.74. The largest absolute Gasteiger partial charge is 0.354 e. The molecular weight excluding hydrogens is 288 g/mol. The third kappa shape index (κ3) is 2.04. The van der Waals surface area contributed by atoms with E-state index in [1.807, 2.05) is 0 Å². The van der Waals surface area contributed by atoms with Crippen molar-refractivity contribution in [3.05, 3.63) is 29.6 Å². The first-order chi connectivity index (χ1) is 9.61. The highest BCUT2D eigenvalue weighted by Crippen LogP contribution is 2.29. The van der Waals surface area contributed by atoms with Gasteiger partial charge in [0.15, 0.2) is 5.82 Å². The minimum atomic E-state index is -0.749. The first kappa shape index (κ1) is 13.3. The molecule has 1 aromatic carbocycles. The fraction of sp³-hybridized carbons (Fsp3) is 0.385. The van der Waals surface area contributed by atoms with Crippen LogP contribution in [0.2, 0.25) is 0 Å². The molecule has 1 fully saturated rings. The Morgan fingerprint density at radius 1 is 1.45 bits per heavy atom. The number of imidazole rings is 1. The van der Waals surface area contributed by atoms with Gasteiger partial charge in [-0.2, -0.15) is 0 Å². The van der Waals surface area contributed by atoms with E-state index in [0.717, 1.165) is 12.5 Å². The average Bonchev–Trinajstić information content (AvgIpc) is 2.78. The highest BCUT2D eigenvalue weighted by Gasteiger charge is 2.28. The number of aromatic nitrogens is 2. The first-order valence-corrected chi connectivity index (χ1v) is 6.85. The molecule has 0 bridgehead atoms. The van der Waals surface area contributed by atoms with Crippen molar-refractivity contribution in [2.45, 2.75) is 24.8 Å². The van der Waals surface area contributed by atoms with Gasteiger partial charge in [-0.1, -0.05) is 0 Å².